The van der Waals surface area contributed by atoms with Crippen LogP contribution in [0.3, 0.4) is 0 Å². The minimum atomic E-state index is -0.334. The van der Waals surface area contributed by atoms with Crippen molar-refractivity contribution in [2.45, 2.75) is 90.6 Å². The first kappa shape index (κ1) is 20.8. The van der Waals surface area contributed by atoms with Crippen molar-refractivity contribution in [2.75, 3.05) is 27.4 Å². The maximum Gasteiger partial charge on any atom is 0.117 e. The van der Waals surface area contributed by atoms with E-state index in [4.69, 9.17) is 18.9 Å². The lowest BCUT2D eigenvalue weighted by molar-refractivity contribution is -0.184. The van der Waals surface area contributed by atoms with Gasteiger partial charge >= 0.3 is 0 Å². The Labute approximate surface area is 142 Å². The first-order valence-corrected chi connectivity index (χ1v) is 8.47. The van der Waals surface area contributed by atoms with Crippen LogP contribution in [-0.4, -0.2) is 67.4 Å². The van der Waals surface area contributed by atoms with Crippen LogP contribution in [0.25, 0.3) is 0 Å². The van der Waals surface area contributed by atoms with Crippen molar-refractivity contribution in [2.24, 2.45) is 0 Å². The Balaban J connectivity index is 2.96. The van der Waals surface area contributed by atoms with E-state index in [2.05, 4.69) is 39.5 Å². The van der Waals surface area contributed by atoms with E-state index in [1.54, 1.807) is 14.2 Å². The fraction of sp³-hybridized carbons (Fsp3) is 1.00. The number of hydrogen-bond acceptors (Lipinski definition) is 5. The molecule has 0 N–H and O–H groups in total. The molecule has 0 amide bonds. The molecule has 0 aromatic rings. The minimum absolute atomic E-state index is 0.0260. The van der Waals surface area contributed by atoms with Gasteiger partial charge in [0.15, 0.2) is 0 Å². The second-order valence-electron chi connectivity index (χ2n) is 8.81. The zero-order valence-electron chi connectivity index (χ0n) is 16.7. The van der Waals surface area contributed by atoms with E-state index in [1.807, 2.05) is 20.8 Å². The molecule has 3 atom stereocenters. The van der Waals surface area contributed by atoms with Crippen LogP contribution in [0.5, 0.6) is 0 Å². The summed E-state index contributed by atoms with van der Waals surface area (Å²) in [6.45, 7) is 18.3. The van der Waals surface area contributed by atoms with Crippen LogP contribution in [0.15, 0.2) is 0 Å². The Hall–Kier alpha value is -0.200. The van der Waals surface area contributed by atoms with Crippen LogP contribution in [0, 0.1) is 0 Å². The molecule has 1 saturated heterocycles. The van der Waals surface area contributed by atoms with Gasteiger partial charge in [-0.15, -0.1) is 0 Å². The molecule has 1 rings (SSSR count). The Morgan fingerprint density at radius 2 is 1.70 bits per heavy atom. The first-order valence-electron chi connectivity index (χ1n) is 8.47. The largest absolute Gasteiger partial charge is 0.382 e. The normalized spacial score (nSPS) is 25.6. The van der Waals surface area contributed by atoms with Gasteiger partial charge in [-0.3, -0.25) is 4.90 Å². The predicted octanol–water partition coefficient (Wildman–Crippen LogP) is 3.07. The van der Waals surface area contributed by atoms with Gasteiger partial charge in [-0.2, -0.15) is 0 Å². The fourth-order valence-electron chi connectivity index (χ4n) is 3.48. The van der Waals surface area contributed by atoms with Gasteiger partial charge in [-0.1, -0.05) is 0 Å². The third-order valence-corrected chi connectivity index (χ3v) is 4.10. The van der Waals surface area contributed by atoms with E-state index in [1.165, 1.54) is 0 Å². The molecule has 0 bridgehead atoms. The Morgan fingerprint density at radius 1 is 1.13 bits per heavy atom. The lowest BCUT2D eigenvalue weighted by atomic mass is 10.0. The number of nitrogens with zero attached hydrogens (tertiary/aromatic N) is 1. The van der Waals surface area contributed by atoms with E-state index < -0.39 is 0 Å². The molecule has 1 heterocycles. The summed E-state index contributed by atoms with van der Waals surface area (Å²) in [4.78, 5) is 2.37. The summed E-state index contributed by atoms with van der Waals surface area (Å²) in [6, 6.07) is 0. The number of hydrogen-bond donors (Lipinski definition) is 0. The fourth-order valence-corrected chi connectivity index (χ4v) is 3.48. The second-order valence-corrected chi connectivity index (χ2v) is 8.81. The van der Waals surface area contributed by atoms with Crippen molar-refractivity contribution in [1.82, 2.24) is 4.90 Å². The molecule has 0 radical (unpaired) electrons. The molecule has 5 heteroatoms. The van der Waals surface area contributed by atoms with Crippen molar-refractivity contribution in [3.63, 3.8) is 0 Å². The Morgan fingerprint density at radius 3 is 2.04 bits per heavy atom. The number of methoxy groups -OCH3 is 2. The van der Waals surface area contributed by atoms with E-state index >= 15 is 0 Å². The summed E-state index contributed by atoms with van der Waals surface area (Å²) in [6.07, 6.45) is -0.414. The summed E-state index contributed by atoms with van der Waals surface area (Å²) in [5.74, 6) is 0. The van der Waals surface area contributed by atoms with Crippen molar-refractivity contribution >= 4 is 0 Å². The molecule has 23 heavy (non-hydrogen) atoms. The topological polar surface area (TPSA) is 40.2 Å². The molecule has 5 nitrogen and oxygen atoms in total. The summed E-state index contributed by atoms with van der Waals surface area (Å²) in [5.41, 5.74) is -0.574. The average molecular weight is 331 g/mol. The SMILES string of the molecule is COC[C@@H](OC(C)(C)C)[C@@H](OC)[C@@H]1CN(C(C)(C)C)C(C)(C)O1. The van der Waals surface area contributed by atoms with Gasteiger partial charge in [-0.25, -0.2) is 0 Å². The Bertz CT molecular complexity index is 370. The van der Waals surface area contributed by atoms with Crippen LogP contribution in [0.2, 0.25) is 0 Å². The van der Waals surface area contributed by atoms with Crippen LogP contribution >= 0.6 is 0 Å². The molecule has 0 unspecified atom stereocenters. The minimum Gasteiger partial charge on any atom is -0.382 e. The van der Waals surface area contributed by atoms with Gasteiger partial charge in [0.25, 0.3) is 0 Å². The highest BCUT2D eigenvalue weighted by Gasteiger charge is 2.49. The predicted molar refractivity (Wildman–Crippen MR) is 92.7 cm³/mol. The van der Waals surface area contributed by atoms with Crippen LogP contribution in [0.4, 0.5) is 0 Å². The highest BCUT2D eigenvalue weighted by molar-refractivity contribution is 4.96. The second kappa shape index (κ2) is 7.36. The standard InChI is InChI=1S/C18H37NO4/c1-16(2,3)19-11-13(23-18(19,7)8)15(21-10)14(12-20-9)22-17(4,5)6/h13-15H,11-12H2,1-10H3/t13-,14+,15-/m0/s1. The monoisotopic (exact) mass is 331 g/mol. The zero-order valence-corrected chi connectivity index (χ0v) is 16.7. The van der Waals surface area contributed by atoms with Crippen LogP contribution in [-0.2, 0) is 18.9 Å². The summed E-state index contributed by atoms with van der Waals surface area (Å²) >= 11 is 0. The van der Waals surface area contributed by atoms with Crippen molar-refractivity contribution in [3.05, 3.63) is 0 Å². The van der Waals surface area contributed by atoms with E-state index in [0.717, 1.165) is 6.54 Å². The van der Waals surface area contributed by atoms with Gasteiger partial charge in [0.1, 0.15) is 24.0 Å². The highest BCUT2D eigenvalue weighted by Crippen LogP contribution is 2.36. The molecular weight excluding hydrogens is 294 g/mol. The third kappa shape index (κ3) is 5.68. The molecule has 1 aliphatic heterocycles. The zero-order chi connectivity index (χ0) is 18.1. The van der Waals surface area contributed by atoms with Gasteiger partial charge in [0, 0.05) is 26.3 Å². The lowest BCUT2D eigenvalue weighted by Gasteiger charge is -2.40. The molecule has 138 valence electrons. The maximum absolute atomic E-state index is 6.35. The van der Waals surface area contributed by atoms with Gasteiger partial charge in [-0.05, 0) is 55.4 Å². The Kier molecular flexibility index (Phi) is 6.67. The van der Waals surface area contributed by atoms with Crippen LogP contribution in [0.1, 0.15) is 55.4 Å². The molecule has 0 spiro atoms. The summed E-state index contributed by atoms with van der Waals surface area (Å²) < 4.78 is 23.7. The van der Waals surface area contributed by atoms with Gasteiger partial charge in [0.05, 0.1) is 12.2 Å². The smallest absolute Gasteiger partial charge is 0.117 e. The van der Waals surface area contributed by atoms with Crippen LogP contribution < -0.4 is 0 Å². The van der Waals surface area contributed by atoms with E-state index in [-0.39, 0.29) is 35.2 Å². The van der Waals surface area contributed by atoms with Crippen molar-refractivity contribution < 1.29 is 18.9 Å². The molecule has 0 aromatic heterocycles. The lowest BCUT2D eigenvalue weighted by Crippen LogP contribution is -2.51. The van der Waals surface area contributed by atoms with Crippen molar-refractivity contribution in [1.29, 1.82) is 0 Å². The van der Waals surface area contributed by atoms with Crippen molar-refractivity contribution in [3.8, 4) is 0 Å². The summed E-state index contributed by atoms with van der Waals surface area (Å²) in [7, 11) is 3.40. The quantitative estimate of drug-likeness (QED) is 0.748. The average Bonchev–Trinajstić information content (AvgIpc) is 2.64. The summed E-state index contributed by atoms with van der Waals surface area (Å²) in [5, 5.41) is 0. The molecule has 0 saturated carbocycles. The molecule has 1 fully saturated rings. The molecule has 1 aliphatic rings. The van der Waals surface area contributed by atoms with E-state index in [0.29, 0.717) is 6.61 Å². The molecular formula is C18H37NO4. The first-order chi connectivity index (χ1) is 10.3. The van der Waals surface area contributed by atoms with E-state index in [9.17, 15) is 0 Å². The molecule has 0 aliphatic carbocycles. The third-order valence-electron chi connectivity index (χ3n) is 4.10. The molecule has 0 aromatic carbocycles. The van der Waals surface area contributed by atoms with Gasteiger partial charge < -0.3 is 18.9 Å². The maximum atomic E-state index is 6.35. The number of rotatable bonds is 6. The highest BCUT2D eigenvalue weighted by atomic mass is 16.6. The number of ether oxygens (including phenoxy) is 4. The van der Waals surface area contributed by atoms with Gasteiger partial charge in [0.2, 0.25) is 0 Å².